The van der Waals surface area contributed by atoms with Gasteiger partial charge < -0.3 is 5.11 Å². The number of fused-ring (bicyclic) bond motifs is 2. The number of rotatable bonds is 2. The summed E-state index contributed by atoms with van der Waals surface area (Å²) in [5.74, 6) is 0.314. The van der Waals surface area contributed by atoms with Crippen LogP contribution in [0.2, 0.25) is 5.02 Å². The highest BCUT2D eigenvalue weighted by Crippen LogP contribution is 2.50. The Labute approximate surface area is 139 Å². The summed E-state index contributed by atoms with van der Waals surface area (Å²) in [6.45, 7) is 0.951. The van der Waals surface area contributed by atoms with Gasteiger partial charge in [-0.25, -0.2) is 17.7 Å². The lowest BCUT2D eigenvalue weighted by Gasteiger charge is -2.27. The van der Waals surface area contributed by atoms with E-state index in [4.69, 9.17) is 11.6 Å². The third-order valence-electron chi connectivity index (χ3n) is 5.19. The third-order valence-corrected chi connectivity index (χ3v) is 6.73. The van der Waals surface area contributed by atoms with E-state index in [1.54, 1.807) is 18.6 Å². The average Bonchev–Trinajstić information content (AvgIpc) is 3.09. The van der Waals surface area contributed by atoms with Crippen LogP contribution in [-0.4, -0.2) is 46.6 Å². The van der Waals surface area contributed by atoms with Crippen LogP contribution in [-0.2, 0) is 15.6 Å². The Morgan fingerprint density at radius 2 is 1.96 bits per heavy atom. The van der Waals surface area contributed by atoms with Crippen LogP contribution in [0.15, 0.2) is 24.7 Å². The van der Waals surface area contributed by atoms with Crippen LogP contribution < -0.4 is 0 Å². The highest BCUT2D eigenvalue weighted by molar-refractivity contribution is 7.88. The zero-order valence-corrected chi connectivity index (χ0v) is 14.3. The Kier molecular flexibility index (Phi) is 3.29. The number of imidazole rings is 1. The van der Waals surface area contributed by atoms with Crippen molar-refractivity contribution in [2.75, 3.05) is 19.3 Å². The van der Waals surface area contributed by atoms with Crippen molar-refractivity contribution in [3.63, 3.8) is 0 Å². The van der Waals surface area contributed by atoms with Crippen LogP contribution in [0.1, 0.15) is 18.5 Å². The van der Waals surface area contributed by atoms with E-state index < -0.39 is 15.6 Å². The summed E-state index contributed by atoms with van der Waals surface area (Å²) < 4.78 is 26.8. The SMILES string of the molecule is CS(=O)(=O)N1C[C@@H]2CC(O)(c3c(Cl)ccc4cncn34)C[C@@H]2C1. The molecule has 8 heteroatoms. The van der Waals surface area contributed by atoms with E-state index in [9.17, 15) is 13.5 Å². The quantitative estimate of drug-likeness (QED) is 0.885. The van der Waals surface area contributed by atoms with Crippen molar-refractivity contribution in [3.05, 3.63) is 35.4 Å². The van der Waals surface area contributed by atoms with Crippen molar-refractivity contribution >= 4 is 27.1 Å². The summed E-state index contributed by atoms with van der Waals surface area (Å²) in [7, 11) is -3.17. The fourth-order valence-electron chi connectivity index (χ4n) is 4.19. The fourth-order valence-corrected chi connectivity index (χ4v) is 5.44. The lowest BCUT2D eigenvalue weighted by molar-refractivity contribution is 0.0285. The van der Waals surface area contributed by atoms with Crippen LogP contribution in [0.25, 0.3) is 5.52 Å². The molecule has 1 saturated heterocycles. The van der Waals surface area contributed by atoms with E-state index in [0.717, 1.165) is 5.52 Å². The average molecular weight is 356 g/mol. The molecule has 2 aromatic heterocycles. The molecule has 6 nitrogen and oxygen atoms in total. The van der Waals surface area contributed by atoms with Crippen LogP contribution in [0.4, 0.5) is 0 Å². The van der Waals surface area contributed by atoms with Gasteiger partial charge in [0.25, 0.3) is 0 Å². The number of sulfonamides is 1. The van der Waals surface area contributed by atoms with Crippen molar-refractivity contribution in [1.29, 1.82) is 0 Å². The summed E-state index contributed by atoms with van der Waals surface area (Å²) >= 11 is 6.37. The van der Waals surface area contributed by atoms with Crippen LogP contribution in [0.3, 0.4) is 0 Å². The minimum atomic E-state index is -3.17. The van der Waals surface area contributed by atoms with Crippen molar-refractivity contribution < 1.29 is 13.5 Å². The zero-order valence-electron chi connectivity index (χ0n) is 12.7. The number of aliphatic hydroxyl groups is 1. The van der Waals surface area contributed by atoms with Gasteiger partial charge in [0, 0.05) is 13.1 Å². The molecule has 124 valence electrons. The van der Waals surface area contributed by atoms with Gasteiger partial charge in [-0.3, -0.25) is 4.40 Å². The largest absolute Gasteiger partial charge is 0.384 e. The Morgan fingerprint density at radius 1 is 1.30 bits per heavy atom. The summed E-state index contributed by atoms with van der Waals surface area (Å²) in [4.78, 5) is 4.13. The maximum Gasteiger partial charge on any atom is 0.211 e. The summed E-state index contributed by atoms with van der Waals surface area (Å²) in [6.07, 6.45) is 5.65. The Balaban J connectivity index is 1.70. The first-order valence-corrected chi connectivity index (χ1v) is 9.79. The number of hydrogen-bond donors (Lipinski definition) is 1. The normalized spacial score (nSPS) is 31.8. The smallest absolute Gasteiger partial charge is 0.211 e. The molecule has 0 bridgehead atoms. The molecular weight excluding hydrogens is 338 g/mol. The molecule has 2 aliphatic rings. The lowest BCUT2D eigenvalue weighted by Crippen LogP contribution is -2.32. The van der Waals surface area contributed by atoms with E-state index in [-0.39, 0.29) is 11.8 Å². The second-order valence-corrected chi connectivity index (χ2v) is 9.15. The minimum absolute atomic E-state index is 0.157. The topological polar surface area (TPSA) is 74.9 Å². The van der Waals surface area contributed by atoms with E-state index in [1.165, 1.54) is 10.6 Å². The first kappa shape index (κ1) is 15.4. The highest BCUT2D eigenvalue weighted by Gasteiger charge is 2.52. The van der Waals surface area contributed by atoms with E-state index in [1.807, 2.05) is 10.5 Å². The van der Waals surface area contributed by atoms with E-state index in [0.29, 0.717) is 36.6 Å². The number of hydrogen-bond acceptors (Lipinski definition) is 4. The maximum absolute atomic E-state index is 11.7. The molecule has 1 aliphatic carbocycles. The predicted molar refractivity (Wildman–Crippen MR) is 86.7 cm³/mol. The zero-order chi connectivity index (χ0) is 16.4. The highest BCUT2D eigenvalue weighted by atomic mass is 35.5. The molecule has 3 atom stereocenters. The Bertz CT molecular complexity index is 865. The predicted octanol–water partition coefficient (Wildman–Crippen LogP) is 1.48. The monoisotopic (exact) mass is 355 g/mol. The molecule has 0 aromatic carbocycles. The number of pyridine rings is 1. The maximum atomic E-state index is 11.7. The first-order valence-electron chi connectivity index (χ1n) is 7.56. The molecule has 1 saturated carbocycles. The molecule has 2 fully saturated rings. The van der Waals surface area contributed by atoms with Gasteiger partial charge in [-0.2, -0.15) is 0 Å². The number of halogens is 1. The van der Waals surface area contributed by atoms with Gasteiger partial charge in [0.1, 0.15) is 5.60 Å². The lowest BCUT2D eigenvalue weighted by atomic mass is 9.94. The molecule has 1 aliphatic heterocycles. The molecule has 1 unspecified atom stereocenters. The summed E-state index contributed by atoms with van der Waals surface area (Å²) in [5.41, 5.74) is 0.498. The van der Waals surface area contributed by atoms with Crippen molar-refractivity contribution in [2.24, 2.45) is 11.8 Å². The second kappa shape index (κ2) is 4.92. The molecule has 2 aromatic rings. The molecule has 0 amide bonds. The van der Waals surface area contributed by atoms with Crippen molar-refractivity contribution in [3.8, 4) is 0 Å². The Hall–Kier alpha value is -1.15. The summed E-state index contributed by atoms with van der Waals surface area (Å²) in [6, 6.07) is 3.64. The second-order valence-electron chi connectivity index (χ2n) is 6.76. The first-order chi connectivity index (χ1) is 10.8. The van der Waals surface area contributed by atoms with Gasteiger partial charge in [0.05, 0.1) is 35.0 Å². The van der Waals surface area contributed by atoms with Crippen LogP contribution in [0.5, 0.6) is 0 Å². The van der Waals surface area contributed by atoms with Crippen molar-refractivity contribution in [2.45, 2.75) is 18.4 Å². The molecule has 23 heavy (non-hydrogen) atoms. The summed E-state index contributed by atoms with van der Waals surface area (Å²) in [5, 5.41) is 11.8. The van der Waals surface area contributed by atoms with Gasteiger partial charge in [0.15, 0.2) is 0 Å². The van der Waals surface area contributed by atoms with E-state index in [2.05, 4.69) is 4.98 Å². The van der Waals surface area contributed by atoms with Gasteiger partial charge in [0.2, 0.25) is 10.0 Å². The van der Waals surface area contributed by atoms with Gasteiger partial charge in [-0.15, -0.1) is 0 Å². The molecular formula is C15H18ClN3O3S. The minimum Gasteiger partial charge on any atom is -0.384 e. The standard InChI is InChI=1S/C15H18ClN3O3S/c1-23(21,22)18-7-10-4-15(20,5-11(10)8-18)14-13(16)3-2-12-6-17-9-19(12)14/h2-3,6,9-11,20H,4-5,7-8H2,1H3/t10-,11+,15?. The molecule has 4 rings (SSSR count). The van der Waals surface area contributed by atoms with E-state index >= 15 is 0 Å². The third kappa shape index (κ3) is 2.38. The van der Waals surface area contributed by atoms with Gasteiger partial charge in [-0.1, -0.05) is 11.6 Å². The number of aromatic nitrogens is 2. The van der Waals surface area contributed by atoms with Crippen LogP contribution >= 0.6 is 11.6 Å². The van der Waals surface area contributed by atoms with Gasteiger partial charge >= 0.3 is 0 Å². The Morgan fingerprint density at radius 3 is 2.57 bits per heavy atom. The molecule has 0 spiro atoms. The van der Waals surface area contributed by atoms with Gasteiger partial charge in [-0.05, 0) is 36.8 Å². The molecule has 1 N–H and O–H groups in total. The van der Waals surface area contributed by atoms with Crippen molar-refractivity contribution in [1.82, 2.24) is 13.7 Å². The van der Waals surface area contributed by atoms with Crippen LogP contribution in [0, 0.1) is 11.8 Å². The molecule has 3 heterocycles. The fraction of sp³-hybridized carbons (Fsp3) is 0.533. The number of nitrogens with zero attached hydrogens (tertiary/aromatic N) is 3. The molecule has 0 radical (unpaired) electrons.